The number of fused-ring (bicyclic) bond motifs is 1. The van der Waals surface area contributed by atoms with Gasteiger partial charge in [0.15, 0.2) is 5.82 Å². The van der Waals surface area contributed by atoms with Crippen molar-refractivity contribution in [3.05, 3.63) is 17.7 Å². The van der Waals surface area contributed by atoms with Crippen LogP contribution in [0, 0.1) is 0 Å². The molecule has 4 nitrogen and oxygen atoms in total. The predicted octanol–water partition coefficient (Wildman–Crippen LogP) is 1.47. The number of hydrogen-bond donors (Lipinski definition) is 1. The maximum absolute atomic E-state index is 13.2. The summed E-state index contributed by atoms with van der Waals surface area (Å²) in [4.78, 5) is 14.1. The lowest BCUT2D eigenvalue weighted by Crippen LogP contribution is -2.27. The molecule has 0 amide bonds. The lowest BCUT2D eigenvalue weighted by Gasteiger charge is -2.23. The highest BCUT2D eigenvalue weighted by Gasteiger charge is 2.40. The van der Waals surface area contributed by atoms with Crippen molar-refractivity contribution in [1.82, 2.24) is 9.55 Å². The predicted molar refractivity (Wildman–Crippen MR) is 42.3 cm³/mol. The molecule has 76 valence electrons. The van der Waals surface area contributed by atoms with E-state index in [2.05, 4.69) is 4.98 Å². The lowest BCUT2D eigenvalue weighted by atomic mass is 10.1. The van der Waals surface area contributed by atoms with Crippen molar-refractivity contribution < 1.29 is 18.7 Å². The Balaban J connectivity index is 2.53. The highest BCUT2D eigenvalue weighted by molar-refractivity contribution is 5.85. The highest BCUT2D eigenvalue weighted by Crippen LogP contribution is 2.36. The Morgan fingerprint density at radius 1 is 1.64 bits per heavy atom. The Kier molecular flexibility index (Phi) is 1.80. The van der Waals surface area contributed by atoms with E-state index in [1.165, 1.54) is 0 Å². The zero-order valence-electron chi connectivity index (χ0n) is 7.20. The number of halogens is 2. The van der Waals surface area contributed by atoms with Gasteiger partial charge in [-0.25, -0.2) is 9.78 Å². The molecule has 1 aliphatic heterocycles. The Morgan fingerprint density at radius 2 is 2.36 bits per heavy atom. The number of carboxylic acid groups (broad SMARTS) is 1. The summed E-state index contributed by atoms with van der Waals surface area (Å²) in [6, 6.07) is 0. The molecule has 0 radical (unpaired) electrons. The summed E-state index contributed by atoms with van der Waals surface area (Å²) in [5.41, 5.74) is -0.167. The molecule has 0 bridgehead atoms. The van der Waals surface area contributed by atoms with Crippen LogP contribution in [0.2, 0.25) is 0 Å². The number of alkyl halides is 2. The van der Waals surface area contributed by atoms with E-state index < -0.39 is 17.7 Å². The number of imidazole rings is 1. The summed E-state index contributed by atoms with van der Waals surface area (Å²) in [5, 5.41) is 8.69. The SMILES string of the molecule is O=C(O)c1cnc2n1CCCC2(F)F. The van der Waals surface area contributed by atoms with Gasteiger partial charge < -0.3 is 9.67 Å². The number of aromatic nitrogens is 2. The zero-order chi connectivity index (χ0) is 10.3. The summed E-state index contributed by atoms with van der Waals surface area (Å²) in [5.74, 6) is -4.64. The minimum absolute atomic E-state index is 0.167. The zero-order valence-corrected chi connectivity index (χ0v) is 7.20. The van der Waals surface area contributed by atoms with Gasteiger partial charge in [-0.15, -0.1) is 0 Å². The smallest absolute Gasteiger partial charge is 0.354 e. The fourth-order valence-corrected chi connectivity index (χ4v) is 1.64. The molecule has 0 saturated heterocycles. The first-order valence-corrected chi connectivity index (χ1v) is 4.19. The summed E-state index contributed by atoms with van der Waals surface area (Å²) in [6.07, 6.45) is 0.997. The standard InChI is InChI=1S/C8H8F2N2O2/c9-8(10)2-1-3-12-5(6(13)14)4-11-7(8)12/h4H,1-3H2,(H,13,14). The number of hydrogen-bond acceptors (Lipinski definition) is 2. The Hall–Kier alpha value is -1.46. The first-order chi connectivity index (χ1) is 6.52. The maximum atomic E-state index is 13.2. The van der Waals surface area contributed by atoms with Crippen LogP contribution in [0.15, 0.2) is 6.20 Å². The average Bonchev–Trinajstić information content (AvgIpc) is 2.48. The van der Waals surface area contributed by atoms with Crippen LogP contribution in [0.5, 0.6) is 0 Å². The largest absolute Gasteiger partial charge is 0.477 e. The van der Waals surface area contributed by atoms with E-state index in [9.17, 15) is 13.6 Å². The van der Waals surface area contributed by atoms with E-state index >= 15 is 0 Å². The molecule has 0 saturated carbocycles. The van der Waals surface area contributed by atoms with Gasteiger partial charge in [0, 0.05) is 13.0 Å². The second-order valence-corrected chi connectivity index (χ2v) is 3.23. The van der Waals surface area contributed by atoms with E-state index in [1.807, 2.05) is 0 Å². The number of aromatic carboxylic acids is 1. The van der Waals surface area contributed by atoms with Crippen molar-refractivity contribution >= 4 is 5.97 Å². The Labute approximate surface area is 78.2 Å². The van der Waals surface area contributed by atoms with E-state index in [4.69, 9.17) is 5.11 Å². The molecule has 0 fully saturated rings. The lowest BCUT2D eigenvalue weighted by molar-refractivity contribution is -0.0394. The van der Waals surface area contributed by atoms with Crippen LogP contribution in [0.3, 0.4) is 0 Å². The van der Waals surface area contributed by atoms with Crippen LogP contribution in [0.1, 0.15) is 29.2 Å². The monoisotopic (exact) mass is 202 g/mol. The third-order valence-electron chi connectivity index (χ3n) is 2.27. The third kappa shape index (κ3) is 1.18. The molecular formula is C8H8F2N2O2. The van der Waals surface area contributed by atoms with Gasteiger partial charge in [-0.1, -0.05) is 0 Å². The van der Waals surface area contributed by atoms with Gasteiger partial charge in [0.25, 0.3) is 0 Å². The summed E-state index contributed by atoms with van der Waals surface area (Å²) in [7, 11) is 0. The van der Waals surface area contributed by atoms with Crippen molar-refractivity contribution in [2.45, 2.75) is 25.3 Å². The normalized spacial score (nSPS) is 19.0. The molecule has 0 atom stereocenters. The minimum atomic E-state index is -2.99. The Morgan fingerprint density at radius 3 is 3.00 bits per heavy atom. The number of carbonyl (C=O) groups is 1. The van der Waals surface area contributed by atoms with Gasteiger partial charge in [-0.2, -0.15) is 8.78 Å². The van der Waals surface area contributed by atoms with E-state index in [0.29, 0.717) is 6.54 Å². The van der Waals surface area contributed by atoms with Gasteiger partial charge >= 0.3 is 11.9 Å². The highest BCUT2D eigenvalue weighted by atomic mass is 19.3. The molecule has 0 aromatic carbocycles. The Bertz CT molecular complexity index is 387. The second-order valence-electron chi connectivity index (χ2n) is 3.23. The molecule has 1 aromatic heterocycles. The van der Waals surface area contributed by atoms with E-state index in [0.717, 1.165) is 10.8 Å². The molecule has 1 aromatic rings. The number of carboxylic acids is 1. The van der Waals surface area contributed by atoms with Gasteiger partial charge in [0.1, 0.15) is 5.69 Å². The van der Waals surface area contributed by atoms with Gasteiger partial charge in [-0.05, 0) is 6.42 Å². The van der Waals surface area contributed by atoms with Gasteiger partial charge in [-0.3, -0.25) is 0 Å². The molecule has 0 unspecified atom stereocenters. The first-order valence-electron chi connectivity index (χ1n) is 4.19. The van der Waals surface area contributed by atoms with Crippen molar-refractivity contribution in [2.24, 2.45) is 0 Å². The van der Waals surface area contributed by atoms with Crippen LogP contribution in [0.25, 0.3) is 0 Å². The summed E-state index contributed by atoms with van der Waals surface area (Å²) in [6.45, 7) is 0.298. The van der Waals surface area contributed by atoms with Crippen molar-refractivity contribution in [3.63, 3.8) is 0 Å². The van der Waals surface area contributed by atoms with Crippen LogP contribution >= 0.6 is 0 Å². The van der Waals surface area contributed by atoms with Crippen LogP contribution < -0.4 is 0 Å². The second kappa shape index (κ2) is 2.76. The molecule has 0 spiro atoms. The van der Waals surface area contributed by atoms with Crippen LogP contribution in [0.4, 0.5) is 8.78 Å². The van der Waals surface area contributed by atoms with Crippen LogP contribution in [-0.2, 0) is 12.5 Å². The molecule has 2 heterocycles. The number of rotatable bonds is 1. The fourth-order valence-electron chi connectivity index (χ4n) is 1.64. The third-order valence-corrected chi connectivity index (χ3v) is 2.27. The van der Waals surface area contributed by atoms with Crippen LogP contribution in [-0.4, -0.2) is 20.6 Å². The first kappa shape index (κ1) is 9.11. The summed E-state index contributed by atoms with van der Waals surface area (Å²) < 4.78 is 27.5. The van der Waals surface area contributed by atoms with Gasteiger partial charge in [0.05, 0.1) is 6.20 Å². The molecular weight excluding hydrogens is 194 g/mol. The van der Waals surface area contributed by atoms with Crippen molar-refractivity contribution in [3.8, 4) is 0 Å². The molecule has 2 rings (SSSR count). The minimum Gasteiger partial charge on any atom is -0.477 e. The molecule has 6 heteroatoms. The molecule has 14 heavy (non-hydrogen) atoms. The maximum Gasteiger partial charge on any atom is 0.354 e. The van der Waals surface area contributed by atoms with Gasteiger partial charge in [0.2, 0.25) is 0 Å². The van der Waals surface area contributed by atoms with E-state index in [-0.39, 0.29) is 18.5 Å². The van der Waals surface area contributed by atoms with E-state index in [1.54, 1.807) is 0 Å². The van der Waals surface area contributed by atoms with Crippen molar-refractivity contribution in [1.29, 1.82) is 0 Å². The average molecular weight is 202 g/mol. The van der Waals surface area contributed by atoms with Crippen molar-refractivity contribution in [2.75, 3.05) is 0 Å². The summed E-state index contributed by atoms with van der Waals surface area (Å²) >= 11 is 0. The number of nitrogens with zero attached hydrogens (tertiary/aromatic N) is 2. The topological polar surface area (TPSA) is 55.1 Å². The molecule has 0 aliphatic carbocycles. The quantitative estimate of drug-likeness (QED) is 0.750. The molecule has 1 N–H and O–H groups in total. The fraction of sp³-hybridized carbons (Fsp3) is 0.500. The molecule has 1 aliphatic rings.